The molecule has 0 saturated carbocycles. The van der Waals surface area contributed by atoms with Crippen LogP contribution in [0.1, 0.15) is 33.6 Å². The van der Waals surface area contributed by atoms with Gasteiger partial charge in [-0.2, -0.15) is 0 Å². The van der Waals surface area contributed by atoms with Gasteiger partial charge in [0.1, 0.15) is 0 Å². The fourth-order valence-electron chi connectivity index (χ4n) is 1.65. The molecule has 0 radical (unpaired) electrons. The van der Waals surface area contributed by atoms with Gasteiger partial charge in [-0.15, -0.1) is 0 Å². The molecule has 0 aliphatic rings. The smallest absolute Gasteiger partial charge is 0.0933 e. The highest BCUT2D eigenvalue weighted by molar-refractivity contribution is 4.65. The largest absolute Gasteiger partial charge is 0.394 e. The molecule has 2 atom stereocenters. The highest BCUT2D eigenvalue weighted by atomic mass is 16.5. The van der Waals surface area contributed by atoms with Gasteiger partial charge in [0.05, 0.1) is 25.4 Å². The fraction of sp³-hybridized carbons (Fsp3) is 1.00. The van der Waals surface area contributed by atoms with Gasteiger partial charge in [-0.1, -0.05) is 13.8 Å². The molecule has 0 saturated heterocycles. The minimum atomic E-state index is -0.472. The summed E-state index contributed by atoms with van der Waals surface area (Å²) >= 11 is 0. The van der Waals surface area contributed by atoms with Gasteiger partial charge in [0.2, 0.25) is 0 Å². The minimum Gasteiger partial charge on any atom is -0.394 e. The molecule has 2 N–H and O–H groups in total. The molecule has 4 nitrogen and oxygen atoms in total. The Balaban J connectivity index is 3.93. The van der Waals surface area contributed by atoms with Crippen molar-refractivity contribution in [2.24, 2.45) is 0 Å². The van der Waals surface area contributed by atoms with E-state index in [1.165, 1.54) is 0 Å². The van der Waals surface area contributed by atoms with Crippen LogP contribution in [0.3, 0.4) is 0 Å². The highest BCUT2D eigenvalue weighted by Gasteiger charge is 2.13. The maximum atomic E-state index is 9.19. The van der Waals surface area contributed by atoms with E-state index >= 15 is 0 Å². The zero-order valence-corrected chi connectivity index (χ0v) is 10.9. The second-order valence-corrected chi connectivity index (χ2v) is 4.29. The molecule has 0 aromatic heterocycles. The van der Waals surface area contributed by atoms with E-state index in [4.69, 9.17) is 9.84 Å². The van der Waals surface area contributed by atoms with E-state index in [1.807, 2.05) is 0 Å². The summed E-state index contributed by atoms with van der Waals surface area (Å²) in [6.07, 6.45) is 1.55. The van der Waals surface area contributed by atoms with Crippen LogP contribution in [0.15, 0.2) is 0 Å². The standard InChI is InChI=1S/C12H27NO3/c1-4-6-13(7-5-2)8-12(9-14)16-10-11(3)15/h11-12,14-15H,4-10H2,1-3H3. The van der Waals surface area contributed by atoms with Crippen molar-refractivity contribution in [2.75, 3.05) is 32.8 Å². The number of hydrogen-bond donors (Lipinski definition) is 2. The number of rotatable bonds is 10. The van der Waals surface area contributed by atoms with Gasteiger partial charge in [0, 0.05) is 6.54 Å². The van der Waals surface area contributed by atoms with E-state index < -0.39 is 6.10 Å². The molecular weight excluding hydrogens is 206 g/mol. The second kappa shape index (κ2) is 10.0. The first-order valence-corrected chi connectivity index (χ1v) is 6.26. The lowest BCUT2D eigenvalue weighted by atomic mass is 10.3. The van der Waals surface area contributed by atoms with Crippen LogP contribution in [0.2, 0.25) is 0 Å². The Kier molecular flexibility index (Phi) is 9.92. The molecule has 98 valence electrons. The summed E-state index contributed by atoms with van der Waals surface area (Å²) in [4.78, 5) is 2.29. The van der Waals surface area contributed by atoms with Crippen molar-refractivity contribution in [2.45, 2.75) is 45.8 Å². The lowest BCUT2D eigenvalue weighted by Crippen LogP contribution is -2.38. The zero-order chi connectivity index (χ0) is 12.4. The first-order chi connectivity index (χ1) is 7.63. The predicted molar refractivity (Wildman–Crippen MR) is 65.5 cm³/mol. The quantitative estimate of drug-likeness (QED) is 0.588. The average Bonchev–Trinajstić information content (AvgIpc) is 2.24. The molecule has 0 aliphatic carbocycles. The first kappa shape index (κ1) is 15.8. The second-order valence-electron chi connectivity index (χ2n) is 4.29. The first-order valence-electron chi connectivity index (χ1n) is 6.26. The SMILES string of the molecule is CCCN(CCC)CC(CO)OCC(C)O. The Morgan fingerprint density at radius 1 is 1.19 bits per heavy atom. The number of nitrogens with zero attached hydrogens (tertiary/aromatic N) is 1. The molecule has 0 aromatic rings. The Hall–Kier alpha value is -0.160. The lowest BCUT2D eigenvalue weighted by Gasteiger charge is -2.26. The van der Waals surface area contributed by atoms with Gasteiger partial charge >= 0.3 is 0 Å². The summed E-state index contributed by atoms with van der Waals surface area (Å²) in [6, 6.07) is 0. The summed E-state index contributed by atoms with van der Waals surface area (Å²) in [6.45, 7) is 9.08. The topological polar surface area (TPSA) is 52.9 Å². The van der Waals surface area contributed by atoms with E-state index in [0.29, 0.717) is 0 Å². The zero-order valence-electron chi connectivity index (χ0n) is 10.9. The molecule has 0 fully saturated rings. The van der Waals surface area contributed by atoms with E-state index in [2.05, 4.69) is 18.7 Å². The summed E-state index contributed by atoms with van der Waals surface area (Å²) in [7, 11) is 0. The van der Waals surface area contributed by atoms with Crippen LogP contribution in [-0.4, -0.2) is 60.2 Å². The van der Waals surface area contributed by atoms with Gasteiger partial charge in [-0.05, 0) is 32.9 Å². The fourth-order valence-corrected chi connectivity index (χ4v) is 1.65. The highest BCUT2D eigenvalue weighted by Crippen LogP contribution is 2.01. The number of ether oxygens (including phenoxy) is 1. The van der Waals surface area contributed by atoms with Crippen LogP contribution < -0.4 is 0 Å². The van der Waals surface area contributed by atoms with Gasteiger partial charge < -0.3 is 19.8 Å². The average molecular weight is 233 g/mol. The van der Waals surface area contributed by atoms with Crippen LogP contribution in [-0.2, 0) is 4.74 Å². The lowest BCUT2D eigenvalue weighted by molar-refractivity contribution is -0.0405. The maximum Gasteiger partial charge on any atom is 0.0933 e. The molecule has 16 heavy (non-hydrogen) atoms. The van der Waals surface area contributed by atoms with Crippen molar-refractivity contribution in [1.29, 1.82) is 0 Å². The molecule has 2 unspecified atom stereocenters. The van der Waals surface area contributed by atoms with Gasteiger partial charge in [-0.25, -0.2) is 0 Å². The molecule has 0 heterocycles. The van der Waals surface area contributed by atoms with Crippen LogP contribution >= 0.6 is 0 Å². The molecule has 0 spiro atoms. The molecule has 0 rings (SSSR count). The van der Waals surface area contributed by atoms with Crippen molar-refractivity contribution >= 4 is 0 Å². The van der Waals surface area contributed by atoms with Gasteiger partial charge in [-0.3, -0.25) is 0 Å². The molecule has 0 aromatic carbocycles. The normalized spacial score (nSPS) is 15.4. The van der Waals surface area contributed by atoms with Crippen LogP contribution in [0.5, 0.6) is 0 Å². The van der Waals surface area contributed by atoms with Crippen molar-refractivity contribution in [3.63, 3.8) is 0 Å². The summed E-state index contributed by atoms with van der Waals surface area (Å²) in [5.74, 6) is 0. The van der Waals surface area contributed by atoms with E-state index in [9.17, 15) is 5.11 Å². The summed E-state index contributed by atoms with van der Waals surface area (Å²) in [5, 5.41) is 18.3. The van der Waals surface area contributed by atoms with Gasteiger partial charge in [0.25, 0.3) is 0 Å². The Morgan fingerprint density at radius 3 is 2.12 bits per heavy atom. The van der Waals surface area contributed by atoms with E-state index in [-0.39, 0.29) is 19.3 Å². The van der Waals surface area contributed by atoms with Crippen molar-refractivity contribution < 1.29 is 14.9 Å². The Bertz CT molecular complexity index is 147. The molecule has 0 bridgehead atoms. The summed E-state index contributed by atoms with van der Waals surface area (Å²) in [5.41, 5.74) is 0. The molecular formula is C12H27NO3. The third-order valence-corrected chi connectivity index (χ3v) is 2.32. The molecule has 4 heteroatoms. The van der Waals surface area contributed by atoms with Crippen LogP contribution in [0.4, 0.5) is 0 Å². The molecule has 0 amide bonds. The van der Waals surface area contributed by atoms with Crippen LogP contribution in [0, 0.1) is 0 Å². The molecule has 0 aliphatic heterocycles. The van der Waals surface area contributed by atoms with Crippen molar-refractivity contribution in [1.82, 2.24) is 4.90 Å². The third kappa shape index (κ3) is 8.05. The monoisotopic (exact) mass is 233 g/mol. The van der Waals surface area contributed by atoms with Crippen molar-refractivity contribution in [3.8, 4) is 0 Å². The number of aliphatic hydroxyl groups is 2. The summed E-state index contributed by atoms with van der Waals surface area (Å²) < 4.78 is 5.43. The van der Waals surface area contributed by atoms with E-state index in [1.54, 1.807) is 6.92 Å². The number of aliphatic hydroxyl groups excluding tert-OH is 2. The van der Waals surface area contributed by atoms with Gasteiger partial charge in [0.15, 0.2) is 0 Å². The minimum absolute atomic E-state index is 0.0106. The third-order valence-electron chi connectivity index (χ3n) is 2.32. The van der Waals surface area contributed by atoms with Crippen LogP contribution in [0.25, 0.3) is 0 Å². The predicted octanol–water partition coefficient (Wildman–Crippen LogP) is 0.867. The Morgan fingerprint density at radius 2 is 1.75 bits per heavy atom. The number of hydrogen-bond acceptors (Lipinski definition) is 4. The maximum absolute atomic E-state index is 9.19. The van der Waals surface area contributed by atoms with Crippen molar-refractivity contribution in [3.05, 3.63) is 0 Å². The Labute approximate surface area is 99.2 Å². The van der Waals surface area contributed by atoms with E-state index in [0.717, 1.165) is 32.5 Å².